The lowest BCUT2D eigenvalue weighted by atomic mass is 10.0. The molecular formula is C69H85N9O19. The first-order valence-corrected chi connectivity index (χ1v) is 32.1. The first kappa shape index (κ1) is 73.1. The molecule has 0 spiro atoms. The third kappa shape index (κ3) is 19.7. The van der Waals surface area contributed by atoms with E-state index in [2.05, 4.69) is 26.3 Å². The molecule has 3 aromatic carbocycles. The fraction of sp³-hybridized carbons (Fsp3) is 0.449. The molecule has 520 valence electrons. The molecule has 5 aliphatic rings. The number of aliphatic imine (C=N–C) groups is 1. The minimum atomic E-state index is -1.61. The standard InChI is InChI=1S/C69H85N9O19/c1-8-11-46-33-49-39-71-52-37-57(55(89-6)35-50(52)66(85)76(49)40-46)95-23-10-24-96-58-38-53-51(36-56(58)90-7)67(86)77-41-47(12-9-2)34-54(77)68(87)78(53)69(88)97-42-45-13-15-48(16-14-45)73-64(83)44(5)72-65(84)63(43(3)4)74-60(80)20-25-91-27-29-93-31-32-94-30-28-92-26-21-70-59(79)19-22-75-61(81)17-18-62(75)82/h8-9,11-18,33-39,43-44,49,54,63,68,87H,10,19-32,40-42H2,1-7H3,(H,70,79)(H,72,84)(H,73,83)(H,74,80)/b11-8+,12-9+/t44-,49-,54-,63-,68-/m0/s1. The molecule has 5 N–H and O–H groups in total. The summed E-state index contributed by atoms with van der Waals surface area (Å²) in [5, 5.41) is 22.9. The van der Waals surface area contributed by atoms with Crippen LogP contribution in [0.2, 0.25) is 0 Å². The highest BCUT2D eigenvalue weighted by molar-refractivity contribution is 6.13. The average Bonchev–Trinajstić information content (AvgIpc) is 1.62. The van der Waals surface area contributed by atoms with Gasteiger partial charge in [-0.05, 0) is 67.7 Å². The molecule has 0 bridgehead atoms. The second-order valence-electron chi connectivity index (χ2n) is 23.2. The van der Waals surface area contributed by atoms with Crippen molar-refractivity contribution in [1.29, 1.82) is 0 Å². The van der Waals surface area contributed by atoms with E-state index in [4.69, 9.17) is 42.6 Å². The van der Waals surface area contributed by atoms with Gasteiger partial charge in [-0.15, -0.1) is 0 Å². The number of benzene rings is 3. The minimum Gasteiger partial charge on any atom is -0.493 e. The fourth-order valence-corrected chi connectivity index (χ4v) is 10.9. The second-order valence-corrected chi connectivity index (χ2v) is 23.2. The number of allylic oxidation sites excluding steroid dienone is 2. The van der Waals surface area contributed by atoms with Gasteiger partial charge in [0.1, 0.15) is 18.7 Å². The quantitative estimate of drug-likeness (QED) is 0.0383. The molecule has 28 nitrogen and oxygen atoms in total. The summed E-state index contributed by atoms with van der Waals surface area (Å²) in [6.45, 7) is 11.6. The van der Waals surface area contributed by atoms with Gasteiger partial charge in [0, 0.05) is 81.6 Å². The Bertz CT molecular complexity index is 3530. The lowest BCUT2D eigenvalue weighted by Gasteiger charge is -2.31. The zero-order valence-electron chi connectivity index (χ0n) is 55.5. The van der Waals surface area contributed by atoms with E-state index in [1.165, 1.54) is 50.3 Å². The normalized spacial score (nSPS) is 17.7. The summed E-state index contributed by atoms with van der Waals surface area (Å²) >= 11 is 0. The van der Waals surface area contributed by atoms with Crippen LogP contribution in [-0.2, 0) is 59.1 Å². The van der Waals surface area contributed by atoms with Crippen molar-refractivity contribution < 1.29 is 90.9 Å². The van der Waals surface area contributed by atoms with Crippen LogP contribution in [0, 0.1) is 5.92 Å². The van der Waals surface area contributed by atoms with E-state index >= 15 is 0 Å². The van der Waals surface area contributed by atoms with Gasteiger partial charge in [-0.1, -0.05) is 62.4 Å². The van der Waals surface area contributed by atoms with Gasteiger partial charge in [-0.3, -0.25) is 48.2 Å². The molecule has 9 amide bonds. The number of fused-ring (bicyclic) bond motifs is 4. The van der Waals surface area contributed by atoms with E-state index in [1.54, 1.807) is 67.4 Å². The largest absolute Gasteiger partial charge is 0.493 e. The van der Waals surface area contributed by atoms with Crippen molar-refractivity contribution in [3.63, 3.8) is 0 Å². The van der Waals surface area contributed by atoms with Crippen LogP contribution >= 0.6 is 0 Å². The molecular weight excluding hydrogens is 1260 g/mol. The molecule has 0 radical (unpaired) electrons. The number of aliphatic hydroxyl groups is 1. The lowest BCUT2D eigenvalue weighted by Crippen LogP contribution is -2.53. The van der Waals surface area contributed by atoms with Crippen molar-refractivity contribution in [1.82, 2.24) is 30.7 Å². The van der Waals surface area contributed by atoms with Crippen molar-refractivity contribution in [2.75, 3.05) is 117 Å². The van der Waals surface area contributed by atoms with E-state index < -0.39 is 65.9 Å². The number of carbonyl (C=O) groups is 9. The third-order valence-corrected chi connectivity index (χ3v) is 15.9. The van der Waals surface area contributed by atoms with Crippen LogP contribution in [-0.4, -0.2) is 216 Å². The number of aliphatic hydroxyl groups excluding tert-OH is 1. The molecule has 0 aromatic heterocycles. The van der Waals surface area contributed by atoms with E-state index in [-0.39, 0.29) is 125 Å². The van der Waals surface area contributed by atoms with E-state index in [0.717, 1.165) is 20.9 Å². The first-order chi connectivity index (χ1) is 46.8. The van der Waals surface area contributed by atoms with Crippen molar-refractivity contribution in [3.05, 3.63) is 125 Å². The number of hydrogen-bond acceptors (Lipinski definition) is 20. The Morgan fingerprint density at radius 3 is 1.88 bits per heavy atom. The Balaban J connectivity index is 0.758. The van der Waals surface area contributed by atoms with Crippen molar-refractivity contribution in [2.24, 2.45) is 10.9 Å². The van der Waals surface area contributed by atoms with Crippen LogP contribution in [0.5, 0.6) is 23.0 Å². The molecule has 0 saturated heterocycles. The number of ether oxygens (including phenoxy) is 9. The smallest absolute Gasteiger partial charge is 0.416 e. The average molecular weight is 1340 g/mol. The summed E-state index contributed by atoms with van der Waals surface area (Å²) < 4.78 is 51.5. The topological polar surface area (TPSA) is 330 Å². The van der Waals surface area contributed by atoms with Crippen LogP contribution in [0.15, 0.2) is 113 Å². The summed E-state index contributed by atoms with van der Waals surface area (Å²) in [4.78, 5) is 127. The second kappa shape index (κ2) is 35.8. The van der Waals surface area contributed by atoms with Crippen molar-refractivity contribution in [2.45, 2.75) is 90.9 Å². The molecule has 97 heavy (non-hydrogen) atoms. The minimum absolute atomic E-state index is 0.000820. The van der Waals surface area contributed by atoms with E-state index in [0.29, 0.717) is 73.4 Å². The van der Waals surface area contributed by atoms with Gasteiger partial charge < -0.3 is 78.8 Å². The van der Waals surface area contributed by atoms with Gasteiger partial charge in [-0.25, -0.2) is 9.69 Å². The molecule has 8 rings (SSSR count). The molecule has 28 heteroatoms. The highest BCUT2D eigenvalue weighted by Gasteiger charge is 2.45. The first-order valence-electron chi connectivity index (χ1n) is 32.1. The van der Waals surface area contributed by atoms with Gasteiger partial charge in [0.15, 0.2) is 29.2 Å². The SMILES string of the molecule is C/C=C/C1=C[C@H]2C=Nc3cc(OCCCOc4cc5c(cc4OC)C(=O)N4CC(/C=C/C)=C[C@H]4[C@H](O)N5C(=O)OCc4ccc(NC(=O)[C@H](C)NC(=O)[C@@H](NC(=O)CCOCCOCCOCCOCCNC(=O)CCN5C(=O)C=CC5=O)C(C)C)cc4)c(OC)cc3C(=O)N2C1. The summed E-state index contributed by atoms with van der Waals surface area (Å²) in [6, 6.07) is 9.41. The predicted octanol–water partition coefficient (Wildman–Crippen LogP) is 4.87. The number of nitrogens with zero attached hydrogens (tertiary/aromatic N) is 5. The number of nitrogens with one attached hydrogen (secondary N) is 4. The summed E-state index contributed by atoms with van der Waals surface area (Å²) in [6.07, 6.45) is 13.1. The molecule has 0 unspecified atom stereocenters. The van der Waals surface area contributed by atoms with E-state index in [1.807, 2.05) is 44.2 Å². The maximum absolute atomic E-state index is 14.4. The molecule has 3 aromatic rings. The number of rotatable bonds is 36. The zero-order valence-corrected chi connectivity index (χ0v) is 55.5. The number of anilines is 2. The monoisotopic (exact) mass is 1340 g/mol. The molecule has 5 heterocycles. The number of carbonyl (C=O) groups excluding carboxylic acids is 9. The van der Waals surface area contributed by atoms with Crippen LogP contribution in [0.4, 0.5) is 21.9 Å². The van der Waals surface area contributed by atoms with Crippen molar-refractivity contribution in [3.8, 4) is 23.0 Å². The number of methoxy groups -OCH3 is 2. The van der Waals surface area contributed by atoms with Gasteiger partial charge in [0.2, 0.25) is 23.6 Å². The Labute approximate surface area is 562 Å². The molecule has 0 saturated carbocycles. The van der Waals surface area contributed by atoms with Crippen LogP contribution in [0.25, 0.3) is 0 Å². The number of imide groups is 1. The number of amides is 9. The molecule has 0 fully saturated rings. The Kier molecular flexibility index (Phi) is 27.0. The van der Waals surface area contributed by atoms with Crippen LogP contribution < -0.4 is 45.1 Å². The van der Waals surface area contributed by atoms with Gasteiger partial charge >= 0.3 is 6.09 Å². The highest BCUT2D eigenvalue weighted by atomic mass is 16.6. The van der Waals surface area contributed by atoms with Crippen LogP contribution in [0.1, 0.15) is 80.2 Å². The summed E-state index contributed by atoms with van der Waals surface area (Å²) in [5.41, 5.74) is 3.56. The molecule has 5 aliphatic heterocycles. The maximum atomic E-state index is 14.4. The van der Waals surface area contributed by atoms with Gasteiger partial charge in [0.25, 0.3) is 23.6 Å². The highest BCUT2D eigenvalue weighted by Crippen LogP contribution is 2.42. The third-order valence-electron chi connectivity index (χ3n) is 15.9. The Morgan fingerprint density at radius 2 is 1.25 bits per heavy atom. The van der Waals surface area contributed by atoms with Gasteiger partial charge in [0.05, 0.1) is 115 Å². The zero-order chi connectivity index (χ0) is 69.5. The van der Waals surface area contributed by atoms with E-state index in [9.17, 15) is 48.3 Å². The fourth-order valence-electron chi connectivity index (χ4n) is 10.9. The molecule has 0 aliphatic carbocycles. The Hall–Kier alpha value is -9.74. The Morgan fingerprint density at radius 1 is 0.660 bits per heavy atom. The molecule has 5 atom stereocenters. The summed E-state index contributed by atoms with van der Waals surface area (Å²) in [5.74, 6) is -2.60. The van der Waals surface area contributed by atoms with Gasteiger partial charge in [-0.2, -0.15) is 0 Å². The van der Waals surface area contributed by atoms with Crippen molar-refractivity contribution >= 4 is 76.6 Å². The predicted molar refractivity (Wildman–Crippen MR) is 355 cm³/mol. The number of hydrogen-bond donors (Lipinski definition) is 5. The summed E-state index contributed by atoms with van der Waals surface area (Å²) in [7, 11) is 2.91. The lowest BCUT2D eigenvalue weighted by molar-refractivity contribution is -0.137. The maximum Gasteiger partial charge on any atom is 0.416 e. The van der Waals surface area contributed by atoms with Crippen LogP contribution in [0.3, 0.4) is 0 Å².